The molecule has 0 saturated carbocycles. The van der Waals surface area contributed by atoms with Gasteiger partial charge in [0, 0.05) is 6.54 Å². The molecule has 7 heteroatoms. The fraction of sp³-hybridized carbons (Fsp3) is 0.308. The SMILES string of the molecule is C=CCOc1ccc(C(F)(F)F)cc1C(=O)NCCO. The Labute approximate surface area is 113 Å². The molecule has 0 saturated heterocycles. The summed E-state index contributed by atoms with van der Waals surface area (Å²) in [5.74, 6) is -0.724. The van der Waals surface area contributed by atoms with E-state index in [4.69, 9.17) is 9.84 Å². The van der Waals surface area contributed by atoms with Crippen LogP contribution in [0.4, 0.5) is 13.2 Å². The lowest BCUT2D eigenvalue weighted by atomic mass is 10.1. The Kier molecular flexibility index (Phi) is 5.57. The van der Waals surface area contributed by atoms with E-state index in [0.717, 1.165) is 12.1 Å². The topological polar surface area (TPSA) is 58.6 Å². The number of carbonyl (C=O) groups excluding carboxylic acids is 1. The number of rotatable bonds is 6. The van der Waals surface area contributed by atoms with Crippen molar-refractivity contribution in [3.05, 3.63) is 42.0 Å². The highest BCUT2D eigenvalue weighted by Crippen LogP contribution is 2.32. The van der Waals surface area contributed by atoms with Gasteiger partial charge in [0.1, 0.15) is 12.4 Å². The van der Waals surface area contributed by atoms with Crippen molar-refractivity contribution in [1.29, 1.82) is 0 Å². The second-order valence-electron chi connectivity index (χ2n) is 3.79. The van der Waals surface area contributed by atoms with Gasteiger partial charge in [-0.15, -0.1) is 0 Å². The Hall–Kier alpha value is -2.02. The quantitative estimate of drug-likeness (QED) is 0.787. The summed E-state index contributed by atoms with van der Waals surface area (Å²) in [7, 11) is 0. The predicted molar refractivity (Wildman–Crippen MR) is 66.6 cm³/mol. The van der Waals surface area contributed by atoms with Crippen LogP contribution in [0.25, 0.3) is 0 Å². The molecule has 0 spiro atoms. The molecular formula is C13H14F3NO3. The zero-order chi connectivity index (χ0) is 15.2. The van der Waals surface area contributed by atoms with Crippen LogP contribution in [0.15, 0.2) is 30.9 Å². The first-order valence-corrected chi connectivity index (χ1v) is 5.74. The number of benzene rings is 1. The summed E-state index contributed by atoms with van der Waals surface area (Å²) in [5, 5.41) is 10.9. The Balaban J connectivity index is 3.11. The predicted octanol–water partition coefficient (Wildman–Crippen LogP) is 1.99. The van der Waals surface area contributed by atoms with Crippen molar-refractivity contribution < 1.29 is 27.8 Å². The molecule has 0 heterocycles. The van der Waals surface area contributed by atoms with E-state index in [1.807, 2.05) is 0 Å². The van der Waals surface area contributed by atoms with E-state index in [9.17, 15) is 18.0 Å². The third-order valence-corrected chi connectivity index (χ3v) is 2.31. The maximum absolute atomic E-state index is 12.6. The molecule has 0 aliphatic carbocycles. The molecule has 0 atom stereocenters. The molecule has 2 N–H and O–H groups in total. The molecule has 20 heavy (non-hydrogen) atoms. The van der Waals surface area contributed by atoms with Crippen LogP contribution in [0.1, 0.15) is 15.9 Å². The fourth-order valence-electron chi connectivity index (χ4n) is 1.42. The van der Waals surface area contributed by atoms with E-state index in [1.165, 1.54) is 6.08 Å². The fourth-order valence-corrected chi connectivity index (χ4v) is 1.42. The van der Waals surface area contributed by atoms with E-state index in [2.05, 4.69) is 11.9 Å². The number of nitrogens with one attached hydrogen (secondary N) is 1. The van der Waals surface area contributed by atoms with Gasteiger partial charge in [-0.3, -0.25) is 4.79 Å². The summed E-state index contributed by atoms with van der Waals surface area (Å²) < 4.78 is 43.1. The molecular weight excluding hydrogens is 275 g/mol. The maximum atomic E-state index is 12.6. The number of halogens is 3. The number of aliphatic hydroxyl groups excluding tert-OH is 1. The molecule has 1 amide bonds. The van der Waals surface area contributed by atoms with Gasteiger partial charge < -0.3 is 15.2 Å². The van der Waals surface area contributed by atoms with Crippen molar-refractivity contribution in [2.75, 3.05) is 19.8 Å². The van der Waals surface area contributed by atoms with Crippen LogP contribution >= 0.6 is 0 Å². The normalized spacial score (nSPS) is 11.0. The average Bonchev–Trinajstić information content (AvgIpc) is 2.41. The number of hydrogen-bond donors (Lipinski definition) is 2. The first-order chi connectivity index (χ1) is 9.40. The molecule has 0 aliphatic rings. The third kappa shape index (κ3) is 4.27. The van der Waals surface area contributed by atoms with Gasteiger partial charge in [0.25, 0.3) is 5.91 Å². The van der Waals surface area contributed by atoms with Crippen LogP contribution in [0.2, 0.25) is 0 Å². The van der Waals surface area contributed by atoms with Crippen LogP contribution < -0.4 is 10.1 Å². The van der Waals surface area contributed by atoms with Crippen LogP contribution in [-0.4, -0.2) is 30.8 Å². The van der Waals surface area contributed by atoms with E-state index >= 15 is 0 Å². The van der Waals surface area contributed by atoms with Crippen LogP contribution in [0.5, 0.6) is 5.75 Å². The minimum Gasteiger partial charge on any atom is -0.489 e. The van der Waals surface area contributed by atoms with Crippen LogP contribution in [-0.2, 0) is 6.18 Å². The Morgan fingerprint density at radius 2 is 2.15 bits per heavy atom. The minimum atomic E-state index is -4.55. The average molecular weight is 289 g/mol. The lowest BCUT2D eigenvalue weighted by Crippen LogP contribution is -2.27. The van der Waals surface area contributed by atoms with E-state index in [0.29, 0.717) is 6.07 Å². The molecule has 1 aromatic carbocycles. The van der Waals surface area contributed by atoms with Gasteiger partial charge in [-0.1, -0.05) is 12.7 Å². The Morgan fingerprint density at radius 3 is 2.70 bits per heavy atom. The van der Waals surface area contributed by atoms with Crippen LogP contribution in [0, 0.1) is 0 Å². The van der Waals surface area contributed by atoms with Crippen LogP contribution in [0.3, 0.4) is 0 Å². The molecule has 4 nitrogen and oxygen atoms in total. The maximum Gasteiger partial charge on any atom is 0.416 e. The van der Waals surface area contributed by atoms with Gasteiger partial charge in [-0.25, -0.2) is 0 Å². The number of hydrogen-bond acceptors (Lipinski definition) is 3. The van der Waals surface area contributed by atoms with Gasteiger partial charge in [0.05, 0.1) is 17.7 Å². The van der Waals surface area contributed by atoms with Gasteiger partial charge in [0.15, 0.2) is 0 Å². The second kappa shape index (κ2) is 6.95. The van der Waals surface area contributed by atoms with Gasteiger partial charge in [-0.05, 0) is 18.2 Å². The van der Waals surface area contributed by atoms with E-state index in [-0.39, 0.29) is 31.1 Å². The molecule has 0 aromatic heterocycles. The van der Waals surface area contributed by atoms with Gasteiger partial charge in [0.2, 0.25) is 0 Å². The first-order valence-electron chi connectivity index (χ1n) is 5.74. The van der Waals surface area contributed by atoms with Crippen molar-refractivity contribution in [2.45, 2.75) is 6.18 Å². The molecule has 1 rings (SSSR count). The monoisotopic (exact) mass is 289 g/mol. The van der Waals surface area contributed by atoms with E-state index in [1.54, 1.807) is 0 Å². The number of aliphatic hydroxyl groups is 1. The van der Waals surface area contributed by atoms with Gasteiger partial charge in [-0.2, -0.15) is 13.2 Å². The molecule has 0 aliphatic heterocycles. The summed E-state index contributed by atoms with van der Waals surface area (Å²) in [4.78, 5) is 11.8. The molecule has 1 aromatic rings. The lowest BCUT2D eigenvalue weighted by molar-refractivity contribution is -0.137. The summed E-state index contributed by atoms with van der Waals surface area (Å²) in [6.07, 6.45) is -3.14. The number of alkyl halides is 3. The summed E-state index contributed by atoms with van der Waals surface area (Å²) in [6.45, 7) is 3.11. The number of carbonyl (C=O) groups is 1. The zero-order valence-corrected chi connectivity index (χ0v) is 10.5. The van der Waals surface area contributed by atoms with E-state index < -0.39 is 17.6 Å². The molecule has 0 bridgehead atoms. The molecule has 0 unspecified atom stereocenters. The van der Waals surface area contributed by atoms with Crippen molar-refractivity contribution in [3.63, 3.8) is 0 Å². The largest absolute Gasteiger partial charge is 0.489 e. The van der Waals surface area contributed by atoms with Crippen molar-refractivity contribution in [3.8, 4) is 5.75 Å². The summed E-state index contributed by atoms with van der Waals surface area (Å²) >= 11 is 0. The standard InChI is InChI=1S/C13H14F3NO3/c1-2-7-20-11-4-3-9(13(14,15)16)8-10(11)12(19)17-5-6-18/h2-4,8,18H,1,5-7H2,(H,17,19). The number of ether oxygens (including phenoxy) is 1. The number of amides is 1. The molecule has 0 radical (unpaired) electrons. The second-order valence-corrected chi connectivity index (χ2v) is 3.79. The first kappa shape index (κ1) is 16.0. The third-order valence-electron chi connectivity index (χ3n) is 2.31. The van der Waals surface area contributed by atoms with Crippen molar-refractivity contribution >= 4 is 5.91 Å². The summed E-state index contributed by atoms with van der Waals surface area (Å²) in [5.41, 5.74) is -1.19. The Bertz CT molecular complexity index is 486. The minimum absolute atomic E-state index is 0.0216. The zero-order valence-electron chi connectivity index (χ0n) is 10.5. The smallest absolute Gasteiger partial charge is 0.416 e. The molecule has 110 valence electrons. The lowest BCUT2D eigenvalue weighted by Gasteiger charge is -2.13. The van der Waals surface area contributed by atoms with Gasteiger partial charge >= 0.3 is 6.18 Å². The highest BCUT2D eigenvalue weighted by molar-refractivity contribution is 5.97. The highest BCUT2D eigenvalue weighted by atomic mass is 19.4. The Morgan fingerprint density at radius 1 is 1.45 bits per heavy atom. The highest BCUT2D eigenvalue weighted by Gasteiger charge is 2.32. The summed E-state index contributed by atoms with van der Waals surface area (Å²) in [6, 6.07) is 2.63. The van der Waals surface area contributed by atoms with Crippen molar-refractivity contribution in [1.82, 2.24) is 5.32 Å². The molecule has 0 fully saturated rings. The van der Waals surface area contributed by atoms with Crippen molar-refractivity contribution in [2.24, 2.45) is 0 Å².